The van der Waals surface area contributed by atoms with E-state index in [0.717, 1.165) is 11.3 Å². The highest BCUT2D eigenvalue weighted by Crippen LogP contribution is 2.26. The summed E-state index contributed by atoms with van der Waals surface area (Å²) in [6.45, 7) is 1.55. The third-order valence-electron chi connectivity index (χ3n) is 3.91. The molecule has 0 spiro atoms. The minimum atomic E-state index is -3.67. The van der Waals surface area contributed by atoms with E-state index in [2.05, 4.69) is 10.0 Å². The van der Waals surface area contributed by atoms with Crippen LogP contribution >= 0.6 is 11.3 Å². The number of amides is 1. The Balaban J connectivity index is 1.74. The maximum absolute atomic E-state index is 12.4. The highest BCUT2D eigenvalue weighted by atomic mass is 32.2. The van der Waals surface area contributed by atoms with Crippen molar-refractivity contribution >= 4 is 44.3 Å². The summed E-state index contributed by atoms with van der Waals surface area (Å²) in [6, 6.07) is 13.4. The number of hydrogen-bond acceptors (Lipinski definition) is 6. The number of anilines is 2. The van der Waals surface area contributed by atoms with Crippen molar-refractivity contribution in [2.45, 2.75) is 11.1 Å². The van der Waals surface area contributed by atoms with Crippen LogP contribution in [0.4, 0.5) is 17.1 Å². The predicted octanol–water partition coefficient (Wildman–Crippen LogP) is 4.02. The number of nitro benzene ring substituents is 1. The van der Waals surface area contributed by atoms with E-state index >= 15 is 0 Å². The molecular formula is C18H15N3O5S2. The predicted molar refractivity (Wildman–Crippen MR) is 107 cm³/mol. The number of nitrogens with zero attached hydrogens (tertiary/aromatic N) is 1. The maximum atomic E-state index is 12.4. The van der Waals surface area contributed by atoms with Gasteiger partial charge in [0.2, 0.25) is 0 Å². The van der Waals surface area contributed by atoms with Crippen LogP contribution in [0, 0.1) is 17.0 Å². The van der Waals surface area contributed by atoms with E-state index in [-0.39, 0.29) is 15.5 Å². The molecule has 144 valence electrons. The molecule has 1 amide bonds. The van der Waals surface area contributed by atoms with Crippen molar-refractivity contribution in [1.29, 1.82) is 0 Å². The number of hydrogen-bond donors (Lipinski definition) is 2. The van der Waals surface area contributed by atoms with Gasteiger partial charge in [0, 0.05) is 17.3 Å². The minimum Gasteiger partial charge on any atom is -0.321 e. The SMILES string of the molecule is Cc1c(NC(=O)c2ccc(NS(=O)(=O)c3cccs3)cc2)cccc1[N+](=O)[O-]. The van der Waals surface area contributed by atoms with E-state index in [4.69, 9.17) is 0 Å². The number of nitro groups is 1. The Kier molecular flexibility index (Phi) is 5.43. The Morgan fingerprint density at radius 3 is 2.39 bits per heavy atom. The molecule has 28 heavy (non-hydrogen) atoms. The zero-order valence-electron chi connectivity index (χ0n) is 14.6. The molecule has 0 saturated carbocycles. The van der Waals surface area contributed by atoms with Gasteiger partial charge in [-0.1, -0.05) is 12.1 Å². The van der Waals surface area contributed by atoms with Crippen LogP contribution in [0.25, 0.3) is 0 Å². The van der Waals surface area contributed by atoms with Crippen molar-refractivity contribution < 1.29 is 18.1 Å². The van der Waals surface area contributed by atoms with Crippen LogP contribution in [0.15, 0.2) is 64.2 Å². The lowest BCUT2D eigenvalue weighted by atomic mass is 10.1. The number of thiophene rings is 1. The van der Waals surface area contributed by atoms with Crippen LogP contribution < -0.4 is 10.0 Å². The third-order valence-corrected chi connectivity index (χ3v) is 6.69. The van der Waals surface area contributed by atoms with Gasteiger partial charge in [-0.15, -0.1) is 11.3 Å². The van der Waals surface area contributed by atoms with Gasteiger partial charge in [0.1, 0.15) is 4.21 Å². The molecule has 0 aliphatic carbocycles. The second kappa shape index (κ2) is 7.79. The number of carbonyl (C=O) groups is 1. The molecule has 10 heteroatoms. The van der Waals surface area contributed by atoms with Crippen molar-refractivity contribution in [1.82, 2.24) is 0 Å². The van der Waals surface area contributed by atoms with Gasteiger partial charge in [0.25, 0.3) is 21.6 Å². The first-order chi connectivity index (χ1) is 13.3. The summed E-state index contributed by atoms with van der Waals surface area (Å²) >= 11 is 1.10. The van der Waals surface area contributed by atoms with Gasteiger partial charge in [-0.3, -0.25) is 19.6 Å². The fourth-order valence-corrected chi connectivity index (χ4v) is 4.51. The van der Waals surface area contributed by atoms with E-state index in [1.54, 1.807) is 24.4 Å². The van der Waals surface area contributed by atoms with E-state index in [1.807, 2.05) is 0 Å². The van der Waals surface area contributed by atoms with Crippen molar-refractivity contribution in [2.24, 2.45) is 0 Å². The number of nitrogens with one attached hydrogen (secondary N) is 2. The van der Waals surface area contributed by atoms with Crippen molar-refractivity contribution in [3.05, 3.63) is 81.2 Å². The molecule has 0 radical (unpaired) electrons. The largest absolute Gasteiger partial charge is 0.321 e. The minimum absolute atomic E-state index is 0.0869. The lowest BCUT2D eigenvalue weighted by Gasteiger charge is -2.10. The van der Waals surface area contributed by atoms with E-state index in [9.17, 15) is 23.3 Å². The number of sulfonamides is 1. The van der Waals surface area contributed by atoms with Crippen LogP contribution in [-0.2, 0) is 10.0 Å². The van der Waals surface area contributed by atoms with Crippen LogP contribution in [0.2, 0.25) is 0 Å². The summed E-state index contributed by atoms with van der Waals surface area (Å²) in [4.78, 5) is 22.9. The second-order valence-electron chi connectivity index (χ2n) is 5.78. The summed E-state index contributed by atoms with van der Waals surface area (Å²) in [5.41, 5.74) is 1.19. The van der Waals surface area contributed by atoms with Crippen molar-refractivity contribution in [3.8, 4) is 0 Å². The van der Waals surface area contributed by atoms with Crippen LogP contribution in [0.5, 0.6) is 0 Å². The monoisotopic (exact) mass is 417 g/mol. The number of benzene rings is 2. The topological polar surface area (TPSA) is 118 Å². The first-order valence-corrected chi connectivity index (χ1v) is 10.4. The first kappa shape index (κ1) is 19.5. The molecule has 0 aliphatic heterocycles. The first-order valence-electron chi connectivity index (χ1n) is 8.00. The fourth-order valence-electron chi connectivity index (χ4n) is 2.46. The van der Waals surface area contributed by atoms with Gasteiger partial charge in [-0.2, -0.15) is 0 Å². The highest BCUT2D eigenvalue weighted by molar-refractivity contribution is 7.94. The van der Waals surface area contributed by atoms with Crippen molar-refractivity contribution in [2.75, 3.05) is 10.0 Å². The second-order valence-corrected chi connectivity index (χ2v) is 8.63. The van der Waals surface area contributed by atoms with Gasteiger partial charge in [0.05, 0.1) is 16.2 Å². The van der Waals surface area contributed by atoms with Gasteiger partial charge in [-0.05, 0) is 48.7 Å². The smallest absolute Gasteiger partial charge is 0.274 e. The molecule has 2 N–H and O–H groups in total. The Morgan fingerprint density at radius 2 is 1.79 bits per heavy atom. The molecular weight excluding hydrogens is 402 g/mol. The quantitative estimate of drug-likeness (QED) is 0.464. The molecule has 3 aromatic rings. The average molecular weight is 417 g/mol. The molecule has 0 bridgehead atoms. The summed E-state index contributed by atoms with van der Waals surface area (Å²) in [6.07, 6.45) is 0. The summed E-state index contributed by atoms with van der Waals surface area (Å²) in [5.74, 6) is -0.462. The molecule has 3 rings (SSSR count). The normalized spacial score (nSPS) is 11.0. The maximum Gasteiger partial charge on any atom is 0.274 e. The Morgan fingerprint density at radius 1 is 1.07 bits per heavy atom. The molecule has 0 atom stereocenters. The van der Waals surface area contributed by atoms with E-state index < -0.39 is 20.9 Å². The average Bonchev–Trinajstić information content (AvgIpc) is 3.19. The van der Waals surface area contributed by atoms with Crippen LogP contribution in [0.3, 0.4) is 0 Å². The van der Waals surface area contributed by atoms with E-state index in [0.29, 0.717) is 16.9 Å². The zero-order valence-corrected chi connectivity index (χ0v) is 16.2. The molecule has 0 unspecified atom stereocenters. The molecule has 0 aliphatic rings. The zero-order chi connectivity index (χ0) is 20.3. The molecule has 8 nitrogen and oxygen atoms in total. The third kappa shape index (κ3) is 4.18. The van der Waals surface area contributed by atoms with Crippen LogP contribution in [-0.4, -0.2) is 19.2 Å². The molecule has 0 saturated heterocycles. The van der Waals surface area contributed by atoms with Gasteiger partial charge in [-0.25, -0.2) is 8.42 Å². The number of rotatable bonds is 6. The summed E-state index contributed by atoms with van der Waals surface area (Å²) < 4.78 is 27.1. The Bertz CT molecular complexity index is 1120. The number of carbonyl (C=O) groups excluding carboxylic acids is 1. The van der Waals surface area contributed by atoms with Gasteiger partial charge >= 0.3 is 0 Å². The van der Waals surface area contributed by atoms with E-state index in [1.165, 1.54) is 42.5 Å². The Labute approximate surface area is 165 Å². The molecule has 1 heterocycles. The summed E-state index contributed by atoms with van der Waals surface area (Å²) in [5, 5.41) is 15.3. The lowest BCUT2D eigenvalue weighted by molar-refractivity contribution is -0.385. The summed E-state index contributed by atoms with van der Waals surface area (Å²) in [7, 11) is -3.67. The van der Waals surface area contributed by atoms with Crippen molar-refractivity contribution in [3.63, 3.8) is 0 Å². The van der Waals surface area contributed by atoms with Crippen LogP contribution in [0.1, 0.15) is 15.9 Å². The lowest BCUT2D eigenvalue weighted by Crippen LogP contribution is -2.14. The van der Waals surface area contributed by atoms with Gasteiger partial charge in [0.15, 0.2) is 0 Å². The van der Waals surface area contributed by atoms with Gasteiger partial charge < -0.3 is 5.32 Å². The standard InChI is InChI=1S/C18H15N3O5S2/c1-12-15(4-2-5-16(12)21(23)24)19-18(22)13-7-9-14(10-8-13)20-28(25,26)17-6-3-11-27-17/h2-11,20H,1H3,(H,19,22). The molecule has 1 aromatic heterocycles. The fraction of sp³-hybridized carbons (Fsp3) is 0.0556. The Hall–Kier alpha value is -3.24. The molecule has 2 aromatic carbocycles. The highest BCUT2D eigenvalue weighted by Gasteiger charge is 2.17. The molecule has 0 fully saturated rings.